The number of benzene rings is 2. The lowest BCUT2D eigenvalue weighted by atomic mass is 10.1. The molecule has 2 aromatic carbocycles. The molecule has 1 heterocycles. The van der Waals surface area contributed by atoms with Crippen LogP contribution >= 0.6 is 0 Å². The van der Waals surface area contributed by atoms with Crippen molar-refractivity contribution >= 4 is 11.9 Å². The van der Waals surface area contributed by atoms with Crippen molar-refractivity contribution < 1.29 is 9.36 Å². The Morgan fingerprint density at radius 3 is 2.33 bits per heavy atom. The Bertz CT molecular complexity index is 908. The minimum atomic E-state index is 0.159. The first-order chi connectivity index (χ1) is 11.8. The molecule has 0 spiro atoms. The predicted octanol–water partition coefficient (Wildman–Crippen LogP) is 3.84. The Hall–Kier alpha value is -3.00. The van der Waals surface area contributed by atoms with Crippen LogP contribution in [0, 0.1) is 0 Å². The maximum Gasteiger partial charge on any atom is 0.189 e. The van der Waals surface area contributed by atoms with Gasteiger partial charge in [0.05, 0.1) is 0 Å². The number of rotatable bonds is 3. The molecule has 2 heteroatoms. The van der Waals surface area contributed by atoms with Crippen molar-refractivity contribution in [2.24, 2.45) is 0 Å². The first kappa shape index (κ1) is 14.6. The highest BCUT2D eigenvalue weighted by Gasteiger charge is 2.23. The zero-order valence-corrected chi connectivity index (χ0v) is 13.4. The molecule has 2 nitrogen and oxygen atoms in total. The van der Waals surface area contributed by atoms with Gasteiger partial charge in [-0.15, -0.1) is 0 Å². The lowest BCUT2D eigenvalue weighted by Gasteiger charge is -1.99. The standard InChI is InChI=1S/C22H18NO/c24-22-20(15-19-8-4-5-9-21(19)22)14-17-10-12-23(13-11-17)16-18-6-2-1-3-7-18/h1-14H,15-16H2/q+1/b20-14+. The van der Waals surface area contributed by atoms with Crippen LogP contribution < -0.4 is 4.57 Å². The lowest BCUT2D eigenvalue weighted by molar-refractivity contribution is -0.688. The second-order valence-corrected chi connectivity index (χ2v) is 6.12. The van der Waals surface area contributed by atoms with Crippen LogP contribution in [-0.4, -0.2) is 5.78 Å². The van der Waals surface area contributed by atoms with Crippen LogP contribution in [-0.2, 0) is 13.0 Å². The molecular weight excluding hydrogens is 294 g/mol. The molecule has 24 heavy (non-hydrogen) atoms. The van der Waals surface area contributed by atoms with Crippen molar-refractivity contribution in [3.05, 3.63) is 107 Å². The molecule has 1 aromatic heterocycles. The summed E-state index contributed by atoms with van der Waals surface area (Å²) in [6.07, 6.45) is 6.86. The molecule has 0 radical (unpaired) electrons. The van der Waals surface area contributed by atoms with Crippen LogP contribution in [0.25, 0.3) is 6.08 Å². The van der Waals surface area contributed by atoms with Crippen molar-refractivity contribution in [3.63, 3.8) is 0 Å². The van der Waals surface area contributed by atoms with E-state index in [1.165, 1.54) is 5.56 Å². The summed E-state index contributed by atoms with van der Waals surface area (Å²) in [5.41, 5.74) is 5.19. The van der Waals surface area contributed by atoms with E-state index in [9.17, 15) is 4.79 Å². The summed E-state index contributed by atoms with van der Waals surface area (Å²) in [6.45, 7) is 0.849. The van der Waals surface area contributed by atoms with E-state index in [0.29, 0.717) is 0 Å². The van der Waals surface area contributed by atoms with E-state index in [1.807, 2.05) is 36.4 Å². The summed E-state index contributed by atoms with van der Waals surface area (Å²) in [7, 11) is 0. The zero-order valence-electron chi connectivity index (χ0n) is 13.4. The third kappa shape index (κ3) is 2.91. The SMILES string of the molecule is O=C1/C(=C/c2cc[n+](Cc3ccccc3)cc2)Cc2ccccc21. The van der Waals surface area contributed by atoms with Gasteiger partial charge in [0.25, 0.3) is 0 Å². The largest absolute Gasteiger partial charge is 0.289 e. The number of Topliss-reactive ketones (excluding diaryl/α,β-unsaturated/α-hetero) is 1. The molecule has 0 amide bonds. The highest BCUT2D eigenvalue weighted by Crippen LogP contribution is 2.27. The number of hydrogen-bond acceptors (Lipinski definition) is 1. The second-order valence-electron chi connectivity index (χ2n) is 6.12. The third-order valence-corrected chi connectivity index (χ3v) is 4.40. The molecule has 0 fully saturated rings. The Kier molecular flexibility index (Phi) is 3.80. The molecular formula is C22H18NO+. The van der Waals surface area contributed by atoms with Gasteiger partial charge in [-0.25, -0.2) is 4.57 Å². The second kappa shape index (κ2) is 6.25. The van der Waals surface area contributed by atoms with E-state index in [4.69, 9.17) is 0 Å². The van der Waals surface area contributed by atoms with Gasteiger partial charge >= 0.3 is 0 Å². The van der Waals surface area contributed by atoms with Crippen LogP contribution in [0.3, 0.4) is 0 Å². The molecule has 0 saturated heterocycles. The average molecular weight is 312 g/mol. The minimum Gasteiger partial charge on any atom is -0.289 e. The molecule has 116 valence electrons. The fraction of sp³-hybridized carbons (Fsp3) is 0.0909. The zero-order chi connectivity index (χ0) is 16.4. The smallest absolute Gasteiger partial charge is 0.189 e. The fourth-order valence-corrected chi connectivity index (χ4v) is 3.14. The maximum atomic E-state index is 12.4. The molecule has 4 rings (SSSR count). The summed E-state index contributed by atoms with van der Waals surface area (Å²) >= 11 is 0. The van der Waals surface area contributed by atoms with Crippen LogP contribution in [0.15, 0.2) is 84.7 Å². The summed E-state index contributed by atoms with van der Waals surface area (Å²) in [5, 5.41) is 0. The monoisotopic (exact) mass is 312 g/mol. The van der Waals surface area contributed by atoms with Gasteiger partial charge < -0.3 is 0 Å². The number of carbonyl (C=O) groups excluding carboxylic acids is 1. The number of allylic oxidation sites excluding steroid dienone is 1. The fourth-order valence-electron chi connectivity index (χ4n) is 3.14. The molecule has 0 saturated carbocycles. The molecule has 0 atom stereocenters. The van der Waals surface area contributed by atoms with E-state index >= 15 is 0 Å². The minimum absolute atomic E-state index is 0.159. The molecule has 1 aliphatic carbocycles. The predicted molar refractivity (Wildman–Crippen MR) is 94.6 cm³/mol. The van der Waals surface area contributed by atoms with Gasteiger partial charge in [-0.05, 0) is 17.2 Å². The molecule has 1 aliphatic rings. The van der Waals surface area contributed by atoms with Crippen LogP contribution in [0.2, 0.25) is 0 Å². The van der Waals surface area contributed by atoms with Crippen LogP contribution in [0.1, 0.15) is 27.0 Å². The Morgan fingerprint density at radius 2 is 1.58 bits per heavy atom. The molecule has 0 bridgehead atoms. The summed E-state index contributed by atoms with van der Waals surface area (Å²) in [4.78, 5) is 12.4. The highest BCUT2D eigenvalue weighted by atomic mass is 16.1. The number of aromatic nitrogens is 1. The quantitative estimate of drug-likeness (QED) is 0.531. The van der Waals surface area contributed by atoms with Crippen molar-refractivity contribution in [2.45, 2.75) is 13.0 Å². The highest BCUT2D eigenvalue weighted by molar-refractivity contribution is 6.15. The lowest BCUT2D eigenvalue weighted by Crippen LogP contribution is -2.33. The number of carbonyl (C=O) groups is 1. The molecule has 0 unspecified atom stereocenters. The Labute approximate surface area is 141 Å². The first-order valence-corrected chi connectivity index (χ1v) is 8.16. The van der Waals surface area contributed by atoms with Gasteiger partial charge in [-0.2, -0.15) is 0 Å². The Balaban J connectivity index is 1.53. The van der Waals surface area contributed by atoms with Gasteiger partial charge in [0, 0.05) is 35.3 Å². The molecule has 0 aliphatic heterocycles. The topological polar surface area (TPSA) is 20.9 Å². The first-order valence-electron chi connectivity index (χ1n) is 8.16. The summed E-state index contributed by atoms with van der Waals surface area (Å²) in [5.74, 6) is 0.159. The van der Waals surface area contributed by atoms with Crippen molar-refractivity contribution in [2.75, 3.05) is 0 Å². The molecule has 3 aromatic rings. The average Bonchev–Trinajstić information content (AvgIpc) is 2.94. The van der Waals surface area contributed by atoms with Gasteiger partial charge in [0.1, 0.15) is 0 Å². The van der Waals surface area contributed by atoms with Gasteiger partial charge in [-0.3, -0.25) is 4.79 Å². The number of hydrogen-bond donors (Lipinski definition) is 0. The molecule has 0 N–H and O–H groups in total. The summed E-state index contributed by atoms with van der Waals surface area (Å²) in [6, 6.07) is 22.4. The number of fused-ring (bicyclic) bond motifs is 1. The van der Waals surface area contributed by atoms with Gasteiger partial charge in [-0.1, -0.05) is 54.6 Å². The Morgan fingerprint density at radius 1 is 0.875 bits per heavy atom. The number of nitrogens with zero attached hydrogens (tertiary/aromatic N) is 1. The van der Waals surface area contributed by atoms with Crippen molar-refractivity contribution in [1.29, 1.82) is 0 Å². The van der Waals surface area contributed by atoms with Crippen molar-refractivity contribution in [1.82, 2.24) is 0 Å². The maximum absolute atomic E-state index is 12.4. The normalized spacial score (nSPS) is 14.8. The van der Waals surface area contributed by atoms with E-state index < -0.39 is 0 Å². The van der Waals surface area contributed by atoms with E-state index in [-0.39, 0.29) is 5.78 Å². The van der Waals surface area contributed by atoms with Gasteiger partial charge in [0.15, 0.2) is 24.7 Å². The van der Waals surface area contributed by atoms with Gasteiger partial charge in [0.2, 0.25) is 0 Å². The van der Waals surface area contributed by atoms with E-state index in [0.717, 1.165) is 35.2 Å². The van der Waals surface area contributed by atoms with Crippen LogP contribution in [0.4, 0.5) is 0 Å². The number of pyridine rings is 1. The third-order valence-electron chi connectivity index (χ3n) is 4.40. The van der Waals surface area contributed by atoms with Crippen LogP contribution in [0.5, 0.6) is 0 Å². The number of ketones is 1. The van der Waals surface area contributed by atoms with E-state index in [1.54, 1.807) is 0 Å². The summed E-state index contributed by atoms with van der Waals surface area (Å²) < 4.78 is 2.14. The van der Waals surface area contributed by atoms with E-state index in [2.05, 4.69) is 53.4 Å². The van der Waals surface area contributed by atoms with Crippen molar-refractivity contribution in [3.8, 4) is 0 Å².